The Bertz CT molecular complexity index is 1450. The summed E-state index contributed by atoms with van der Waals surface area (Å²) >= 11 is 18.6. The second-order valence-corrected chi connectivity index (χ2v) is 12.8. The molecule has 0 heterocycles. The number of amides is 2. The molecule has 0 saturated carbocycles. The van der Waals surface area contributed by atoms with Crippen LogP contribution in [0.15, 0.2) is 71.6 Å². The molecule has 3 aromatic rings. The van der Waals surface area contributed by atoms with E-state index < -0.39 is 28.5 Å². The van der Waals surface area contributed by atoms with Crippen molar-refractivity contribution in [3.63, 3.8) is 0 Å². The summed E-state index contributed by atoms with van der Waals surface area (Å²) in [5, 5.41) is 4.08. The molecule has 3 aromatic carbocycles. The average molecular weight is 639 g/mol. The Morgan fingerprint density at radius 3 is 2.12 bits per heavy atom. The highest BCUT2D eigenvalue weighted by Crippen LogP contribution is 2.28. The summed E-state index contributed by atoms with van der Waals surface area (Å²) in [5.74, 6) is -0.891. The zero-order valence-electron chi connectivity index (χ0n) is 23.2. The van der Waals surface area contributed by atoms with Gasteiger partial charge < -0.3 is 10.2 Å². The normalized spacial score (nSPS) is 12.0. The molecule has 0 bridgehead atoms. The van der Waals surface area contributed by atoms with Gasteiger partial charge in [0, 0.05) is 28.2 Å². The number of sulfonamides is 1. The summed E-state index contributed by atoms with van der Waals surface area (Å²) in [5.41, 5.74) is 1.72. The van der Waals surface area contributed by atoms with Gasteiger partial charge in [0.2, 0.25) is 11.8 Å². The lowest BCUT2D eigenvalue weighted by Crippen LogP contribution is -2.52. The summed E-state index contributed by atoms with van der Waals surface area (Å²) in [6.45, 7) is 5.56. The summed E-state index contributed by atoms with van der Waals surface area (Å²) in [6.07, 6.45) is 1.99. The predicted octanol–water partition coefficient (Wildman–Crippen LogP) is 6.87. The number of unbranched alkanes of at least 4 members (excludes halogenated alkanes) is 1. The Labute approximate surface area is 257 Å². The summed E-state index contributed by atoms with van der Waals surface area (Å²) < 4.78 is 28.8. The Morgan fingerprint density at radius 2 is 1.54 bits per heavy atom. The van der Waals surface area contributed by atoms with Gasteiger partial charge in [-0.2, -0.15) is 0 Å². The molecule has 3 rings (SSSR count). The van der Waals surface area contributed by atoms with Crippen LogP contribution in [-0.4, -0.2) is 44.3 Å². The van der Waals surface area contributed by atoms with Crippen LogP contribution < -0.4 is 9.62 Å². The summed E-state index contributed by atoms with van der Waals surface area (Å²) in [4.78, 5) is 28.8. The maximum atomic E-state index is 14.1. The number of carbonyl (C=O) groups is 2. The van der Waals surface area contributed by atoms with E-state index in [0.29, 0.717) is 33.6 Å². The minimum Gasteiger partial charge on any atom is -0.354 e. The minimum atomic E-state index is -4.17. The van der Waals surface area contributed by atoms with E-state index in [1.165, 1.54) is 29.2 Å². The number of nitrogens with one attached hydrogen (secondary N) is 1. The molecule has 0 aliphatic rings. The molecule has 0 aliphatic heterocycles. The highest BCUT2D eigenvalue weighted by Gasteiger charge is 2.34. The fourth-order valence-corrected chi connectivity index (χ4v) is 6.24. The van der Waals surface area contributed by atoms with Gasteiger partial charge in [0.05, 0.1) is 10.6 Å². The first kappa shape index (κ1) is 32.7. The molecule has 2 amide bonds. The van der Waals surface area contributed by atoms with E-state index in [4.69, 9.17) is 34.8 Å². The van der Waals surface area contributed by atoms with E-state index in [-0.39, 0.29) is 23.0 Å². The number of halogens is 3. The quantitative estimate of drug-likeness (QED) is 0.207. The molecule has 0 saturated heterocycles. The van der Waals surface area contributed by atoms with E-state index in [1.54, 1.807) is 49.4 Å². The smallest absolute Gasteiger partial charge is 0.264 e. The zero-order valence-corrected chi connectivity index (χ0v) is 26.3. The molecule has 11 heteroatoms. The van der Waals surface area contributed by atoms with Crippen molar-refractivity contribution in [1.82, 2.24) is 10.2 Å². The van der Waals surface area contributed by atoms with Gasteiger partial charge in [0.15, 0.2) is 0 Å². The lowest BCUT2D eigenvalue weighted by atomic mass is 10.1. The van der Waals surface area contributed by atoms with Gasteiger partial charge in [0.25, 0.3) is 10.0 Å². The van der Waals surface area contributed by atoms with Crippen molar-refractivity contribution in [1.29, 1.82) is 0 Å². The highest BCUT2D eigenvalue weighted by molar-refractivity contribution is 7.92. The molecule has 220 valence electrons. The van der Waals surface area contributed by atoms with Crippen LogP contribution in [0, 0.1) is 6.92 Å². The minimum absolute atomic E-state index is 0.0203. The lowest BCUT2D eigenvalue weighted by Gasteiger charge is -2.33. The predicted molar refractivity (Wildman–Crippen MR) is 166 cm³/mol. The van der Waals surface area contributed by atoms with Crippen molar-refractivity contribution in [3.05, 3.63) is 92.9 Å². The van der Waals surface area contributed by atoms with Gasteiger partial charge >= 0.3 is 0 Å². The Morgan fingerprint density at radius 1 is 0.902 bits per heavy atom. The van der Waals surface area contributed by atoms with Crippen LogP contribution in [0.25, 0.3) is 0 Å². The number of aryl methyl sites for hydroxylation is 1. The standard InChI is InChI=1S/C30H34Cl3N3O4S/c1-4-6-17-34-30(38)28(5-2)35(19-22-9-10-24(32)18-27(22)33)29(37)20-36(25-13-11-23(31)12-14-25)41(39,40)26-15-7-21(3)8-16-26/h7-16,18,28H,4-6,17,19-20H2,1-3H3,(H,34,38)/t28-/m1/s1. The number of carbonyl (C=O) groups excluding carboxylic acids is 2. The highest BCUT2D eigenvalue weighted by atomic mass is 35.5. The molecule has 41 heavy (non-hydrogen) atoms. The van der Waals surface area contributed by atoms with Gasteiger partial charge in [-0.05, 0) is 73.9 Å². The summed E-state index contributed by atoms with van der Waals surface area (Å²) in [6, 6.07) is 16.6. The summed E-state index contributed by atoms with van der Waals surface area (Å²) in [7, 11) is -4.17. The number of hydrogen-bond donors (Lipinski definition) is 1. The van der Waals surface area contributed by atoms with E-state index >= 15 is 0 Å². The topological polar surface area (TPSA) is 86.8 Å². The third kappa shape index (κ3) is 8.61. The molecule has 7 nitrogen and oxygen atoms in total. The van der Waals surface area contributed by atoms with Gasteiger partial charge in [0.1, 0.15) is 12.6 Å². The van der Waals surface area contributed by atoms with Crippen LogP contribution in [0.4, 0.5) is 5.69 Å². The number of nitrogens with zero attached hydrogens (tertiary/aromatic N) is 2. The molecular formula is C30H34Cl3N3O4S. The first-order valence-corrected chi connectivity index (χ1v) is 15.9. The third-order valence-corrected chi connectivity index (χ3v) is 9.20. The van der Waals surface area contributed by atoms with Gasteiger partial charge in [-0.15, -0.1) is 0 Å². The molecular weight excluding hydrogens is 605 g/mol. The second-order valence-electron chi connectivity index (χ2n) is 9.63. The van der Waals surface area contributed by atoms with Gasteiger partial charge in [-0.1, -0.05) is 78.8 Å². The van der Waals surface area contributed by atoms with Crippen LogP contribution in [0.2, 0.25) is 15.1 Å². The fraction of sp³-hybridized carbons (Fsp3) is 0.333. The molecule has 0 fully saturated rings. The number of hydrogen-bond acceptors (Lipinski definition) is 4. The molecule has 1 N–H and O–H groups in total. The SMILES string of the molecule is CCCCNC(=O)[C@@H](CC)N(Cc1ccc(Cl)cc1Cl)C(=O)CN(c1ccc(Cl)cc1)S(=O)(=O)c1ccc(C)cc1. The largest absolute Gasteiger partial charge is 0.354 e. The van der Waals surface area contributed by atoms with E-state index in [0.717, 1.165) is 22.7 Å². The maximum Gasteiger partial charge on any atom is 0.264 e. The van der Waals surface area contributed by atoms with E-state index in [9.17, 15) is 18.0 Å². The molecule has 0 spiro atoms. The van der Waals surface area contributed by atoms with E-state index in [1.807, 2.05) is 13.8 Å². The second kappa shape index (κ2) is 14.9. The van der Waals surface area contributed by atoms with Crippen LogP contribution in [0.1, 0.15) is 44.2 Å². The first-order valence-electron chi connectivity index (χ1n) is 13.3. The van der Waals surface area contributed by atoms with Crippen LogP contribution in [0.5, 0.6) is 0 Å². The Hall–Kier alpha value is -2.78. The molecule has 0 unspecified atom stereocenters. The van der Waals surface area contributed by atoms with Crippen molar-refractivity contribution in [2.45, 2.75) is 57.5 Å². The van der Waals surface area contributed by atoms with Crippen molar-refractivity contribution < 1.29 is 18.0 Å². The van der Waals surface area contributed by atoms with E-state index in [2.05, 4.69) is 5.32 Å². The molecule has 0 aromatic heterocycles. The average Bonchev–Trinajstić information content (AvgIpc) is 2.93. The molecule has 0 aliphatic carbocycles. The van der Waals surface area contributed by atoms with Gasteiger partial charge in [-0.3, -0.25) is 13.9 Å². The number of benzene rings is 3. The Kier molecular flexibility index (Phi) is 11.9. The van der Waals surface area contributed by atoms with Gasteiger partial charge in [-0.25, -0.2) is 8.42 Å². The first-order chi connectivity index (χ1) is 19.5. The Balaban J connectivity index is 2.05. The van der Waals surface area contributed by atoms with Crippen LogP contribution >= 0.6 is 34.8 Å². The van der Waals surface area contributed by atoms with Crippen LogP contribution in [-0.2, 0) is 26.2 Å². The van der Waals surface area contributed by atoms with Crippen molar-refractivity contribution in [3.8, 4) is 0 Å². The molecule has 0 radical (unpaired) electrons. The molecule has 1 atom stereocenters. The zero-order chi connectivity index (χ0) is 30.2. The third-order valence-electron chi connectivity index (χ3n) is 6.57. The van der Waals surface area contributed by atoms with Crippen LogP contribution in [0.3, 0.4) is 0 Å². The van der Waals surface area contributed by atoms with Crippen molar-refractivity contribution >= 4 is 62.3 Å². The van der Waals surface area contributed by atoms with Crippen molar-refractivity contribution in [2.24, 2.45) is 0 Å². The monoisotopic (exact) mass is 637 g/mol. The number of anilines is 1. The lowest BCUT2D eigenvalue weighted by molar-refractivity contribution is -0.140. The maximum absolute atomic E-state index is 14.1. The fourth-order valence-electron chi connectivity index (χ4n) is 4.23. The number of rotatable bonds is 13. The van der Waals surface area contributed by atoms with Crippen molar-refractivity contribution in [2.75, 3.05) is 17.4 Å².